The quantitative estimate of drug-likeness (QED) is 0.817. The van der Waals surface area contributed by atoms with Gasteiger partial charge < -0.3 is 24.4 Å². The maximum absolute atomic E-state index is 13.2. The molecule has 160 valence electrons. The number of nitrogens with one attached hydrogen (secondary N) is 1. The number of amides is 2. The van der Waals surface area contributed by atoms with Crippen LogP contribution in [0.15, 0.2) is 30.3 Å². The van der Waals surface area contributed by atoms with Gasteiger partial charge in [0.05, 0.1) is 13.2 Å². The van der Waals surface area contributed by atoms with Crippen LogP contribution >= 0.6 is 0 Å². The minimum Gasteiger partial charge on any atom is -0.444 e. The molecule has 3 rings (SSSR count). The molecule has 2 fully saturated rings. The SMILES string of the molecule is CC(C)(C)OC(=O)NC(Cc1ccccc1)C(=O)N1CCC(C2OCCO2)CC1. The molecule has 0 aromatic heterocycles. The van der Waals surface area contributed by atoms with Crippen molar-refractivity contribution >= 4 is 12.0 Å². The summed E-state index contributed by atoms with van der Waals surface area (Å²) in [5, 5.41) is 2.78. The second-order valence-electron chi connectivity index (χ2n) is 8.66. The molecule has 2 amide bonds. The predicted molar refractivity (Wildman–Crippen MR) is 108 cm³/mol. The normalized spacial score (nSPS) is 19.8. The van der Waals surface area contributed by atoms with E-state index in [1.807, 2.05) is 35.2 Å². The Morgan fingerprint density at radius 1 is 1.14 bits per heavy atom. The van der Waals surface area contributed by atoms with E-state index in [0.717, 1.165) is 18.4 Å². The first-order valence-corrected chi connectivity index (χ1v) is 10.4. The topological polar surface area (TPSA) is 77.1 Å². The molecule has 1 unspecified atom stereocenters. The van der Waals surface area contributed by atoms with Crippen molar-refractivity contribution in [3.8, 4) is 0 Å². The molecule has 1 atom stereocenters. The van der Waals surface area contributed by atoms with E-state index in [2.05, 4.69) is 5.32 Å². The van der Waals surface area contributed by atoms with Gasteiger partial charge in [0.25, 0.3) is 0 Å². The van der Waals surface area contributed by atoms with E-state index in [9.17, 15) is 9.59 Å². The van der Waals surface area contributed by atoms with Gasteiger partial charge in [-0.1, -0.05) is 30.3 Å². The number of piperidine rings is 1. The summed E-state index contributed by atoms with van der Waals surface area (Å²) >= 11 is 0. The maximum Gasteiger partial charge on any atom is 0.408 e. The van der Waals surface area contributed by atoms with Gasteiger partial charge >= 0.3 is 6.09 Å². The van der Waals surface area contributed by atoms with Gasteiger partial charge in [0.2, 0.25) is 5.91 Å². The van der Waals surface area contributed by atoms with E-state index in [0.29, 0.717) is 38.6 Å². The molecule has 2 aliphatic rings. The van der Waals surface area contributed by atoms with Crippen LogP contribution in [0.25, 0.3) is 0 Å². The lowest BCUT2D eigenvalue weighted by atomic mass is 9.95. The Kier molecular flexibility index (Phi) is 7.14. The van der Waals surface area contributed by atoms with Crippen molar-refractivity contribution in [3.63, 3.8) is 0 Å². The van der Waals surface area contributed by atoms with E-state index in [1.165, 1.54) is 0 Å². The molecule has 0 bridgehead atoms. The second kappa shape index (κ2) is 9.59. The highest BCUT2D eigenvalue weighted by molar-refractivity contribution is 5.86. The molecule has 1 aromatic carbocycles. The van der Waals surface area contributed by atoms with E-state index in [-0.39, 0.29) is 12.2 Å². The third-order valence-electron chi connectivity index (χ3n) is 5.16. The summed E-state index contributed by atoms with van der Waals surface area (Å²) in [4.78, 5) is 27.4. The minimum absolute atomic E-state index is 0.0774. The number of carbonyl (C=O) groups is 2. The van der Waals surface area contributed by atoms with Crippen LogP contribution in [0.3, 0.4) is 0 Å². The van der Waals surface area contributed by atoms with Crippen LogP contribution < -0.4 is 5.32 Å². The van der Waals surface area contributed by atoms with Crippen LogP contribution in [-0.4, -0.2) is 61.1 Å². The summed E-state index contributed by atoms with van der Waals surface area (Å²) in [7, 11) is 0. The Hall–Kier alpha value is -2.12. The standard InChI is InChI=1S/C22H32N2O5/c1-22(2,3)29-21(26)23-18(15-16-7-5-4-6-8-16)19(25)24-11-9-17(10-12-24)20-27-13-14-28-20/h4-8,17-18,20H,9-15H2,1-3H3,(H,23,26). The first-order chi connectivity index (χ1) is 13.8. The van der Waals surface area contributed by atoms with Crippen molar-refractivity contribution in [1.29, 1.82) is 0 Å². The second-order valence-corrected chi connectivity index (χ2v) is 8.66. The fourth-order valence-electron chi connectivity index (χ4n) is 3.76. The number of benzene rings is 1. The van der Waals surface area contributed by atoms with E-state index < -0.39 is 17.7 Å². The Morgan fingerprint density at radius 3 is 2.34 bits per heavy atom. The average Bonchev–Trinajstić information content (AvgIpc) is 3.21. The van der Waals surface area contributed by atoms with E-state index >= 15 is 0 Å². The maximum atomic E-state index is 13.2. The summed E-state index contributed by atoms with van der Waals surface area (Å²) in [5.74, 6) is 0.236. The van der Waals surface area contributed by atoms with Crippen molar-refractivity contribution in [1.82, 2.24) is 10.2 Å². The number of hydrogen-bond donors (Lipinski definition) is 1. The van der Waals surface area contributed by atoms with Crippen molar-refractivity contribution < 1.29 is 23.8 Å². The molecule has 0 aliphatic carbocycles. The van der Waals surface area contributed by atoms with Gasteiger partial charge in [-0.3, -0.25) is 4.79 Å². The Morgan fingerprint density at radius 2 is 1.76 bits per heavy atom. The molecule has 1 aromatic rings. The predicted octanol–water partition coefficient (Wildman–Crippen LogP) is 2.73. The summed E-state index contributed by atoms with van der Waals surface area (Å²) in [6, 6.07) is 9.03. The summed E-state index contributed by atoms with van der Waals surface area (Å²) in [6.45, 7) is 7.96. The lowest BCUT2D eigenvalue weighted by molar-refractivity contribution is -0.139. The molecule has 29 heavy (non-hydrogen) atoms. The van der Waals surface area contributed by atoms with Crippen LogP contribution in [0, 0.1) is 5.92 Å². The molecule has 2 aliphatic heterocycles. The summed E-state index contributed by atoms with van der Waals surface area (Å²) in [6.07, 6.45) is 1.37. The average molecular weight is 405 g/mol. The summed E-state index contributed by atoms with van der Waals surface area (Å²) < 4.78 is 16.6. The van der Waals surface area contributed by atoms with Crippen molar-refractivity contribution in [2.75, 3.05) is 26.3 Å². The van der Waals surface area contributed by atoms with Crippen LogP contribution in [0.1, 0.15) is 39.2 Å². The van der Waals surface area contributed by atoms with Gasteiger partial charge in [-0.25, -0.2) is 4.79 Å². The Labute approximate surface area is 172 Å². The molecule has 7 heteroatoms. The molecular weight excluding hydrogens is 372 g/mol. The van der Waals surface area contributed by atoms with Crippen molar-refractivity contribution in [2.24, 2.45) is 5.92 Å². The van der Waals surface area contributed by atoms with Crippen LogP contribution in [0.5, 0.6) is 0 Å². The third kappa shape index (κ3) is 6.44. The zero-order chi connectivity index (χ0) is 20.9. The van der Waals surface area contributed by atoms with E-state index in [4.69, 9.17) is 14.2 Å². The van der Waals surface area contributed by atoms with Crippen molar-refractivity contribution in [3.05, 3.63) is 35.9 Å². The fourth-order valence-corrected chi connectivity index (χ4v) is 3.76. The molecule has 0 radical (unpaired) electrons. The lowest BCUT2D eigenvalue weighted by Gasteiger charge is -2.36. The van der Waals surface area contributed by atoms with Gasteiger partial charge in [-0.2, -0.15) is 0 Å². The molecule has 0 spiro atoms. The highest BCUT2D eigenvalue weighted by Gasteiger charge is 2.34. The van der Waals surface area contributed by atoms with Crippen LogP contribution in [0.4, 0.5) is 4.79 Å². The number of nitrogens with zero attached hydrogens (tertiary/aromatic N) is 1. The minimum atomic E-state index is -0.664. The fraction of sp³-hybridized carbons (Fsp3) is 0.636. The largest absolute Gasteiger partial charge is 0.444 e. The zero-order valence-electron chi connectivity index (χ0n) is 17.6. The van der Waals surface area contributed by atoms with Gasteiger partial charge in [0, 0.05) is 25.4 Å². The van der Waals surface area contributed by atoms with Crippen LogP contribution in [0.2, 0.25) is 0 Å². The molecule has 0 saturated carbocycles. The zero-order valence-corrected chi connectivity index (χ0v) is 17.6. The van der Waals surface area contributed by atoms with Gasteiger partial charge in [0.15, 0.2) is 6.29 Å². The molecular formula is C22H32N2O5. The van der Waals surface area contributed by atoms with Gasteiger partial charge in [0.1, 0.15) is 11.6 Å². The summed E-state index contributed by atoms with van der Waals surface area (Å²) in [5.41, 5.74) is 0.369. The Bertz CT molecular complexity index is 674. The molecule has 2 heterocycles. The first-order valence-electron chi connectivity index (χ1n) is 10.4. The van der Waals surface area contributed by atoms with Gasteiger partial charge in [-0.05, 0) is 39.2 Å². The lowest BCUT2D eigenvalue weighted by Crippen LogP contribution is -2.53. The van der Waals surface area contributed by atoms with Crippen molar-refractivity contribution in [2.45, 2.75) is 58.0 Å². The molecule has 7 nitrogen and oxygen atoms in total. The highest BCUT2D eigenvalue weighted by Crippen LogP contribution is 2.26. The number of hydrogen-bond acceptors (Lipinski definition) is 5. The number of ether oxygens (including phenoxy) is 3. The smallest absolute Gasteiger partial charge is 0.408 e. The monoisotopic (exact) mass is 404 g/mol. The van der Waals surface area contributed by atoms with E-state index in [1.54, 1.807) is 20.8 Å². The first kappa shape index (κ1) is 21.6. The van der Waals surface area contributed by atoms with Gasteiger partial charge in [-0.15, -0.1) is 0 Å². The van der Waals surface area contributed by atoms with Crippen LogP contribution in [-0.2, 0) is 25.4 Å². The number of likely N-dealkylation sites (tertiary alicyclic amines) is 1. The molecule has 2 saturated heterocycles. The number of alkyl carbamates (subject to hydrolysis) is 1. The third-order valence-corrected chi connectivity index (χ3v) is 5.16. The Balaban J connectivity index is 1.62. The number of carbonyl (C=O) groups excluding carboxylic acids is 2. The molecule has 1 N–H and O–H groups in total. The number of rotatable bonds is 5. The highest BCUT2D eigenvalue weighted by atomic mass is 16.7.